The molecule has 0 atom stereocenters. The van der Waals surface area contributed by atoms with Gasteiger partial charge < -0.3 is 15.4 Å². The maximum atomic E-state index is 12.5. The number of hydrogen-bond donors (Lipinski definition) is 2. The van der Waals surface area contributed by atoms with Crippen molar-refractivity contribution in [3.63, 3.8) is 0 Å². The predicted molar refractivity (Wildman–Crippen MR) is 106 cm³/mol. The smallest absolute Gasteiger partial charge is 0.259 e. The molecule has 3 aromatic rings. The summed E-state index contributed by atoms with van der Waals surface area (Å²) in [6.07, 6.45) is 0. The fourth-order valence-electron chi connectivity index (χ4n) is 2.80. The van der Waals surface area contributed by atoms with Crippen molar-refractivity contribution in [1.82, 2.24) is 5.32 Å². The van der Waals surface area contributed by atoms with E-state index in [2.05, 4.69) is 26.6 Å². The van der Waals surface area contributed by atoms with Crippen LogP contribution < -0.4 is 15.4 Å². The van der Waals surface area contributed by atoms with Crippen LogP contribution >= 0.6 is 15.9 Å². The average Bonchev–Trinajstić information content (AvgIpc) is 2.82. The van der Waals surface area contributed by atoms with Gasteiger partial charge in [-0.25, -0.2) is 0 Å². The van der Waals surface area contributed by atoms with Crippen molar-refractivity contribution in [2.24, 2.45) is 0 Å². The summed E-state index contributed by atoms with van der Waals surface area (Å²) in [7, 11) is 0. The Balaban J connectivity index is 1.53. The Hall–Kier alpha value is -3.12. The van der Waals surface area contributed by atoms with E-state index in [4.69, 9.17) is 4.74 Å². The summed E-state index contributed by atoms with van der Waals surface area (Å²) in [6, 6.07) is 19.7. The third-order valence-electron chi connectivity index (χ3n) is 4.21. The van der Waals surface area contributed by atoms with E-state index in [-0.39, 0.29) is 11.8 Å². The molecule has 0 aromatic heterocycles. The second-order valence-corrected chi connectivity index (χ2v) is 6.99. The predicted octanol–water partition coefficient (Wildman–Crippen LogP) is 4.74. The third kappa shape index (κ3) is 3.71. The lowest BCUT2D eigenvalue weighted by molar-refractivity contribution is 0.0949. The van der Waals surface area contributed by atoms with Crippen LogP contribution in [-0.2, 0) is 6.54 Å². The maximum Gasteiger partial charge on any atom is 0.259 e. The average molecular weight is 423 g/mol. The number of hydrogen-bond acceptors (Lipinski definition) is 3. The lowest BCUT2D eigenvalue weighted by atomic mass is 10.1. The van der Waals surface area contributed by atoms with Crippen LogP contribution in [0, 0.1) is 0 Å². The molecule has 0 bridgehead atoms. The van der Waals surface area contributed by atoms with Gasteiger partial charge in [-0.2, -0.15) is 0 Å². The highest BCUT2D eigenvalue weighted by Crippen LogP contribution is 2.35. The van der Waals surface area contributed by atoms with Crippen molar-refractivity contribution in [1.29, 1.82) is 0 Å². The van der Waals surface area contributed by atoms with Crippen molar-refractivity contribution < 1.29 is 14.3 Å². The van der Waals surface area contributed by atoms with Crippen molar-refractivity contribution in [3.05, 3.63) is 87.9 Å². The molecular weight excluding hydrogens is 408 g/mol. The Kier molecular flexibility index (Phi) is 4.64. The second-order valence-electron chi connectivity index (χ2n) is 6.07. The fraction of sp³-hybridized carbons (Fsp3) is 0.0476. The van der Waals surface area contributed by atoms with E-state index in [9.17, 15) is 9.59 Å². The minimum atomic E-state index is -0.267. The number of anilines is 1. The molecule has 2 N–H and O–H groups in total. The van der Waals surface area contributed by atoms with Crippen LogP contribution in [0.2, 0.25) is 0 Å². The number of benzene rings is 3. The number of carbonyl (C=O) groups is 2. The van der Waals surface area contributed by atoms with Crippen molar-refractivity contribution in [2.75, 3.05) is 5.32 Å². The highest BCUT2D eigenvalue weighted by atomic mass is 79.9. The van der Waals surface area contributed by atoms with Crippen molar-refractivity contribution in [3.8, 4) is 11.5 Å². The standard InChI is InChI=1S/C21H15BrN2O3/c22-15-8-5-13(6-9-15)12-23-20(25)14-7-10-19-17(11-14)24-21(26)16-3-1-2-4-18(16)27-19/h1-11H,12H2,(H,23,25)(H,24,26). The van der Waals surface area contributed by atoms with Crippen LogP contribution in [0.4, 0.5) is 5.69 Å². The Labute approximate surface area is 164 Å². The van der Waals surface area contributed by atoms with Gasteiger partial charge in [0, 0.05) is 16.6 Å². The molecule has 2 amide bonds. The van der Waals surface area contributed by atoms with Gasteiger partial charge in [-0.15, -0.1) is 0 Å². The van der Waals surface area contributed by atoms with E-state index >= 15 is 0 Å². The molecule has 0 aliphatic carbocycles. The van der Waals surface area contributed by atoms with E-state index in [0.29, 0.717) is 34.9 Å². The lowest BCUT2D eigenvalue weighted by Gasteiger charge is -2.10. The van der Waals surface area contributed by atoms with Gasteiger partial charge in [0.15, 0.2) is 5.75 Å². The van der Waals surface area contributed by atoms with Gasteiger partial charge in [-0.05, 0) is 48.0 Å². The lowest BCUT2D eigenvalue weighted by Crippen LogP contribution is -2.23. The van der Waals surface area contributed by atoms with Crippen LogP contribution in [0.25, 0.3) is 0 Å². The van der Waals surface area contributed by atoms with Crippen LogP contribution in [-0.4, -0.2) is 11.8 Å². The number of nitrogens with one attached hydrogen (secondary N) is 2. The molecule has 134 valence electrons. The number of halogens is 1. The Morgan fingerprint density at radius 1 is 1.00 bits per heavy atom. The Morgan fingerprint density at radius 3 is 2.59 bits per heavy atom. The summed E-state index contributed by atoms with van der Waals surface area (Å²) in [5.74, 6) is 0.493. The summed E-state index contributed by atoms with van der Waals surface area (Å²) in [6.45, 7) is 0.414. The van der Waals surface area contributed by atoms with Crippen LogP contribution in [0.1, 0.15) is 26.3 Å². The van der Waals surface area contributed by atoms with Gasteiger partial charge in [-0.3, -0.25) is 9.59 Å². The fourth-order valence-corrected chi connectivity index (χ4v) is 3.06. The molecule has 1 aliphatic rings. The number of carbonyl (C=O) groups excluding carboxylic acids is 2. The summed E-state index contributed by atoms with van der Waals surface area (Å²) in [5.41, 5.74) is 2.36. The first kappa shape index (κ1) is 17.3. The monoisotopic (exact) mass is 422 g/mol. The molecule has 1 heterocycles. The molecule has 0 spiro atoms. The van der Waals surface area contributed by atoms with E-state index in [1.165, 1.54) is 0 Å². The first-order valence-corrected chi connectivity index (χ1v) is 9.14. The van der Waals surface area contributed by atoms with Gasteiger partial charge in [0.2, 0.25) is 0 Å². The molecule has 27 heavy (non-hydrogen) atoms. The zero-order valence-electron chi connectivity index (χ0n) is 14.2. The van der Waals surface area contributed by atoms with E-state index in [1.807, 2.05) is 24.3 Å². The zero-order chi connectivity index (χ0) is 18.8. The molecule has 5 nitrogen and oxygen atoms in total. The molecular formula is C21H15BrN2O3. The van der Waals surface area contributed by atoms with E-state index in [0.717, 1.165) is 10.0 Å². The molecule has 4 rings (SSSR count). The largest absolute Gasteiger partial charge is 0.454 e. The highest BCUT2D eigenvalue weighted by molar-refractivity contribution is 9.10. The number of ether oxygens (including phenoxy) is 1. The minimum absolute atomic E-state index is 0.225. The summed E-state index contributed by atoms with van der Waals surface area (Å²) in [4.78, 5) is 24.9. The number of rotatable bonds is 3. The Morgan fingerprint density at radius 2 is 1.78 bits per heavy atom. The molecule has 0 saturated carbocycles. The molecule has 3 aromatic carbocycles. The SMILES string of the molecule is O=C(NCc1ccc(Br)cc1)c1ccc2c(c1)NC(=O)c1ccccc1O2. The van der Waals surface area contributed by atoms with Crippen LogP contribution in [0.3, 0.4) is 0 Å². The highest BCUT2D eigenvalue weighted by Gasteiger charge is 2.21. The van der Waals surface area contributed by atoms with Crippen molar-refractivity contribution >= 4 is 33.4 Å². The minimum Gasteiger partial charge on any atom is -0.454 e. The van der Waals surface area contributed by atoms with Crippen LogP contribution in [0.15, 0.2) is 71.2 Å². The summed E-state index contributed by atoms with van der Waals surface area (Å²) >= 11 is 3.39. The summed E-state index contributed by atoms with van der Waals surface area (Å²) in [5, 5.41) is 5.68. The number of amides is 2. The van der Waals surface area contributed by atoms with Gasteiger partial charge in [0.25, 0.3) is 11.8 Å². The first-order valence-electron chi connectivity index (χ1n) is 8.35. The molecule has 0 unspecified atom stereocenters. The second kappa shape index (κ2) is 7.25. The van der Waals surface area contributed by atoms with Crippen LogP contribution in [0.5, 0.6) is 11.5 Å². The third-order valence-corrected chi connectivity index (χ3v) is 4.74. The van der Waals surface area contributed by atoms with Crippen molar-refractivity contribution in [2.45, 2.75) is 6.54 Å². The first-order chi connectivity index (χ1) is 13.1. The number of para-hydroxylation sites is 1. The summed E-state index contributed by atoms with van der Waals surface area (Å²) < 4.78 is 6.81. The number of fused-ring (bicyclic) bond motifs is 2. The molecule has 0 radical (unpaired) electrons. The normalized spacial score (nSPS) is 12.1. The van der Waals surface area contributed by atoms with Gasteiger partial charge in [0.1, 0.15) is 5.75 Å². The molecule has 0 saturated heterocycles. The van der Waals surface area contributed by atoms with Gasteiger partial charge in [0.05, 0.1) is 11.3 Å². The van der Waals surface area contributed by atoms with E-state index < -0.39 is 0 Å². The van der Waals surface area contributed by atoms with Gasteiger partial charge >= 0.3 is 0 Å². The zero-order valence-corrected chi connectivity index (χ0v) is 15.7. The van der Waals surface area contributed by atoms with E-state index in [1.54, 1.807) is 42.5 Å². The maximum absolute atomic E-state index is 12.5. The quantitative estimate of drug-likeness (QED) is 0.640. The topological polar surface area (TPSA) is 67.4 Å². The Bertz CT molecular complexity index is 1030. The molecule has 6 heteroatoms. The molecule has 0 fully saturated rings. The van der Waals surface area contributed by atoms with Gasteiger partial charge in [-0.1, -0.05) is 40.2 Å². The molecule has 1 aliphatic heterocycles.